The molecule has 0 bridgehead atoms. The Morgan fingerprint density at radius 1 is 1.24 bits per heavy atom. The van der Waals surface area contributed by atoms with Crippen LogP contribution in [0.1, 0.15) is 37.9 Å². The standard InChI is InChI=1S/C25H23ClN2O5S/c1-4-32-19-9-7-6-8-17(19)22-21(24(31)33-5-2)14(3)27-25-28(22)23(30)20(34-25)13-15-12-16(26)10-11-18(15)29/h6-13,22,29H,4-5H2,1-3H3/b20-13-/t22-/m0/s1. The molecule has 34 heavy (non-hydrogen) atoms. The van der Waals surface area contributed by atoms with Crippen molar-refractivity contribution in [2.75, 3.05) is 13.2 Å². The van der Waals surface area contributed by atoms with E-state index in [1.165, 1.54) is 22.0 Å². The highest BCUT2D eigenvalue weighted by Gasteiger charge is 2.35. The van der Waals surface area contributed by atoms with Gasteiger partial charge in [0.15, 0.2) is 4.80 Å². The van der Waals surface area contributed by atoms with Gasteiger partial charge in [-0.15, -0.1) is 0 Å². The van der Waals surface area contributed by atoms with Crippen molar-refractivity contribution in [2.45, 2.75) is 26.8 Å². The van der Waals surface area contributed by atoms with Crippen LogP contribution in [0.2, 0.25) is 5.02 Å². The number of ether oxygens (including phenoxy) is 2. The van der Waals surface area contributed by atoms with Crippen LogP contribution in [-0.2, 0) is 9.53 Å². The van der Waals surface area contributed by atoms with Crippen LogP contribution in [0.5, 0.6) is 11.5 Å². The molecule has 0 spiro atoms. The number of fused-ring (bicyclic) bond motifs is 1. The molecule has 4 rings (SSSR count). The molecule has 0 aliphatic carbocycles. The van der Waals surface area contributed by atoms with E-state index in [0.717, 1.165) is 0 Å². The summed E-state index contributed by atoms with van der Waals surface area (Å²) in [5.41, 5.74) is 1.45. The molecular weight excluding hydrogens is 476 g/mol. The summed E-state index contributed by atoms with van der Waals surface area (Å²) >= 11 is 7.24. The zero-order chi connectivity index (χ0) is 24.4. The minimum atomic E-state index is -0.784. The van der Waals surface area contributed by atoms with E-state index in [2.05, 4.69) is 4.99 Å². The first-order chi connectivity index (χ1) is 16.3. The Labute approximate surface area is 204 Å². The molecule has 3 aromatic rings. The number of allylic oxidation sites excluding steroid dienone is 1. The first kappa shape index (κ1) is 23.8. The topological polar surface area (TPSA) is 90.1 Å². The number of halogens is 1. The van der Waals surface area contributed by atoms with Gasteiger partial charge in [0.05, 0.1) is 29.0 Å². The van der Waals surface area contributed by atoms with E-state index in [1.54, 1.807) is 38.1 Å². The fourth-order valence-corrected chi connectivity index (χ4v) is 5.08. The molecule has 0 saturated carbocycles. The van der Waals surface area contributed by atoms with Crippen molar-refractivity contribution in [1.29, 1.82) is 0 Å². The number of phenols is 1. The molecule has 7 nitrogen and oxygen atoms in total. The number of thiazole rings is 1. The van der Waals surface area contributed by atoms with E-state index in [1.807, 2.05) is 25.1 Å². The monoisotopic (exact) mass is 498 g/mol. The van der Waals surface area contributed by atoms with Crippen LogP contribution in [0, 0.1) is 0 Å². The van der Waals surface area contributed by atoms with E-state index >= 15 is 0 Å². The second-order valence-corrected chi connectivity index (χ2v) is 8.92. The van der Waals surface area contributed by atoms with Gasteiger partial charge in [0.25, 0.3) is 5.56 Å². The van der Waals surface area contributed by atoms with Crippen molar-refractivity contribution < 1.29 is 19.4 Å². The van der Waals surface area contributed by atoms with Crippen molar-refractivity contribution in [1.82, 2.24) is 4.57 Å². The zero-order valence-corrected chi connectivity index (χ0v) is 20.4. The van der Waals surface area contributed by atoms with Crippen molar-refractivity contribution in [3.05, 3.63) is 89.6 Å². The van der Waals surface area contributed by atoms with E-state index in [9.17, 15) is 14.7 Å². The van der Waals surface area contributed by atoms with Crippen LogP contribution in [0.3, 0.4) is 0 Å². The molecule has 1 aromatic heterocycles. The average Bonchev–Trinajstić information content (AvgIpc) is 3.10. The van der Waals surface area contributed by atoms with Gasteiger partial charge in [0.1, 0.15) is 17.5 Å². The summed E-state index contributed by atoms with van der Waals surface area (Å²) < 4.78 is 13.0. The number of phenolic OH excluding ortho intramolecular Hbond substituents is 1. The molecule has 1 aliphatic rings. The normalized spacial score (nSPS) is 15.6. The van der Waals surface area contributed by atoms with Crippen molar-refractivity contribution >= 4 is 35.0 Å². The van der Waals surface area contributed by atoms with E-state index < -0.39 is 12.0 Å². The van der Waals surface area contributed by atoms with Gasteiger partial charge in [-0.1, -0.05) is 41.1 Å². The Hall–Kier alpha value is -3.36. The molecule has 176 valence electrons. The highest BCUT2D eigenvalue weighted by molar-refractivity contribution is 7.07. The van der Waals surface area contributed by atoms with E-state index in [0.29, 0.717) is 43.5 Å². The summed E-state index contributed by atoms with van der Waals surface area (Å²) in [5.74, 6) is 0.0206. The maximum absolute atomic E-state index is 13.7. The number of aromatic hydroxyl groups is 1. The number of para-hydroxylation sites is 1. The number of hydrogen-bond acceptors (Lipinski definition) is 7. The Bertz CT molecular complexity index is 1470. The molecule has 0 saturated heterocycles. The lowest BCUT2D eigenvalue weighted by Crippen LogP contribution is -2.40. The van der Waals surface area contributed by atoms with E-state index in [4.69, 9.17) is 21.1 Å². The Balaban J connectivity index is 2.00. The number of rotatable bonds is 6. The molecule has 0 radical (unpaired) electrons. The van der Waals surface area contributed by atoms with Crippen molar-refractivity contribution in [3.63, 3.8) is 0 Å². The number of benzene rings is 2. The number of carbonyl (C=O) groups is 1. The quantitative estimate of drug-likeness (QED) is 0.525. The second kappa shape index (κ2) is 9.87. The Kier molecular flexibility index (Phi) is 6.90. The van der Waals surface area contributed by atoms with Crippen LogP contribution in [0.4, 0.5) is 0 Å². The zero-order valence-electron chi connectivity index (χ0n) is 18.9. The smallest absolute Gasteiger partial charge is 0.338 e. The van der Waals surface area contributed by atoms with Gasteiger partial charge < -0.3 is 14.6 Å². The summed E-state index contributed by atoms with van der Waals surface area (Å²) in [6, 6.07) is 11.1. The van der Waals surface area contributed by atoms with Crippen LogP contribution in [-0.4, -0.2) is 28.9 Å². The highest BCUT2D eigenvalue weighted by atomic mass is 35.5. The minimum Gasteiger partial charge on any atom is -0.507 e. The lowest BCUT2D eigenvalue weighted by molar-refractivity contribution is -0.139. The maximum Gasteiger partial charge on any atom is 0.338 e. The Morgan fingerprint density at radius 2 is 2.00 bits per heavy atom. The molecular formula is C25H23ClN2O5S. The molecule has 1 atom stereocenters. The van der Waals surface area contributed by atoms with Gasteiger partial charge in [-0.25, -0.2) is 9.79 Å². The predicted molar refractivity (Wildman–Crippen MR) is 131 cm³/mol. The second-order valence-electron chi connectivity index (χ2n) is 7.48. The van der Waals surface area contributed by atoms with E-state index in [-0.39, 0.29) is 23.5 Å². The van der Waals surface area contributed by atoms with Crippen LogP contribution in [0.15, 0.2) is 63.5 Å². The molecule has 0 fully saturated rings. The maximum atomic E-state index is 13.7. The fourth-order valence-electron chi connectivity index (χ4n) is 3.86. The van der Waals surface area contributed by atoms with Crippen LogP contribution >= 0.6 is 22.9 Å². The van der Waals surface area contributed by atoms with Crippen molar-refractivity contribution in [3.8, 4) is 11.5 Å². The van der Waals surface area contributed by atoms with Gasteiger partial charge in [0.2, 0.25) is 0 Å². The summed E-state index contributed by atoms with van der Waals surface area (Å²) in [4.78, 5) is 31.7. The minimum absolute atomic E-state index is 0.00290. The van der Waals surface area contributed by atoms with Gasteiger partial charge in [-0.05, 0) is 51.1 Å². The molecule has 1 N–H and O–H groups in total. The molecule has 9 heteroatoms. The summed E-state index contributed by atoms with van der Waals surface area (Å²) in [6.45, 7) is 5.93. The molecule has 0 unspecified atom stereocenters. The fraction of sp³-hybridized carbons (Fsp3) is 0.240. The number of carbonyl (C=O) groups excluding carboxylic acids is 1. The van der Waals surface area contributed by atoms with Crippen molar-refractivity contribution in [2.24, 2.45) is 4.99 Å². The third kappa shape index (κ3) is 4.38. The third-order valence-corrected chi connectivity index (χ3v) is 6.52. The molecule has 1 aliphatic heterocycles. The summed E-state index contributed by atoms with van der Waals surface area (Å²) in [6.07, 6.45) is 1.57. The number of esters is 1. The predicted octanol–water partition coefficient (Wildman–Crippen LogP) is 3.56. The lowest BCUT2D eigenvalue weighted by atomic mass is 9.95. The highest BCUT2D eigenvalue weighted by Crippen LogP contribution is 2.35. The number of hydrogen-bond donors (Lipinski definition) is 1. The lowest BCUT2D eigenvalue weighted by Gasteiger charge is -2.26. The van der Waals surface area contributed by atoms with Gasteiger partial charge in [-0.3, -0.25) is 9.36 Å². The first-order valence-electron chi connectivity index (χ1n) is 10.8. The van der Waals surface area contributed by atoms with Gasteiger partial charge in [-0.2, -0.15) is 0 Å². The molecule has 2 heterocycles. The Morgan fingerprint density at radius 3 is 2.74 bits per heavy atom. The summed E-state index contributed by atoms with van der Waals surface area (Å²) in [7, 11) is 0. The third-order valence-electron chi connectivity index (χ3n) is 5.31. The van der Waals surface area contributed by atoms with Crippen LogP contribution < -0.4 is 19.6 Å². The first-order valence-corrected chi connectivity index (χ1v) is 11.9. The molecule has 0 amide bonds. The van der Waals surface area contributed by atoms with Crippen LogP contribution in [0.25, 0.3) is 6.08 Å². The molecule has 2 aromatic carbocycles. The number of nitrogens with zero attached hydrogens (tertiary/aromatic N) is 2. The summed E-state index contributed by atoms with van der Waals surface area (Å²) in [5, 5.41) is 10.7. The van der Waals surface area contributed by atoms with Gasteiger partial charge in [0, 0.05) is 16.1 Å². The SMILES string of the molecule is CCOC(=O)C1=C(C)N=c2s/c(=C\c3cc(Cl)ccc3O)c(=O)n2[C@H]1c1ccccc1OCC. The number of aromatic nitrogens is 1. The largest absolute Gasteiger partial charge is 0.507 e. The average molecular weight is 499 g/mol. The van der Waals surface area contributed by atoms with Gasteiger partial charge >= 0.3 is 5.97 Å².